The Bertz CT molecular complexity index is 621. The molecule has 116 valence electrons. The fourth-order valence-electron chi connectivity index (χ4n) is 2.87. The van der Waals surface area contributed by atoms with E-state index in [1.54, 1.807) is 12.1 Å². The van der Waals surface area contributed by atoms with Crippen LogP contribution in [-0.4, -0.2) is 30.5 Å². The first-order chi connectivity index (χ1) is 10.7. The van der Waals surface area contributed by atoms with Crippen LogP contribution in [0.2, 0.25) is 0 Å². The Morgan fingerprint density at radius 1 is 1.32 bits per heavy atom. The van der Waals surface area contributed by atoms with Crippen LogP contribution in [0.3, 0.4) is 0 Å². The summed E-state index contributed by atoms with van der Waals surface area (Å²) in [6.45, 7) is 4.21. The van der Waals surface area contributed by atoms with Gasteiger partial charge < -0.3 is 14.1 Å². The Balaban J connectivity index is 1.57. The number of amides is 1. The molecule has 1 aliphatic rings. The van der Waals surface area contributed by atoms with Crippen LogP contribution < -0.4 is 4.74 Å². The van der Waals surface area contributed by atoms with E-state index in [0.717, 1.165) is 37.2 Å². The van der Waals surface area contributed by atoms with Gasteiger partial charge in [0.05, 0.1) is 12.9 Å². The van der Waals surface area contributed by atoms with Crippen molar-refractivity contribution in [3.63, 3.8) is 0 Å². The number of para-hydroxylation sites is 1. The number of carbonyl (C=O) groups excluding carboxylic acids is 1. The van der Waals surface area contributed by atoms with Crippen molar-refractivity contribution in [2.75, 3.05) is 19.7 Å². The topological polar surface area (TPSA) is 42.7 Å². The van der Waals surface area contributed by atoms with E-state index in [4.69, 9.17) is 9.15 Å². The van der Waals surface area contributed by atoms with Crippen LogP contribution in [-0.2, 0) is 0 Å². The monoisotopic (exact) mass is 299 g/mol. The first-order valence-electron chi connectivity index (χ1n) is 7.75. The van der Waals surface area contributed by atoms with Crippen LogP contribution in [0, 0.1) is 12.8 Å². The van der Waals surface area contributed by atoms with Gasteiger partial charge in [0, 0.05) is 19.0 Å². The third-order valence-corrected chi connectivity index (χ3v) is 4.11. The van der Waals surface area contributed by atoms with Crippen molar-refractivity contribution in [1.82, 2.24) is 4.90 Å². The predicted molar refractivity (Wildman–Crippen MR) is 84.0 cm³/mol. The SMILES string of the molecule is Cc1ccccc1OCC1CCCN(C(=O)c2ccco2)C1. The number of hydrogen-bond donors (Lipinski definition) is 0. The van der Waals surface area contributed by atoms with E-state index in [1.807, 2.05) is 36.1 Å². The molecule has 3 rings (SSSR count). The summed E-state index contributed by atoms with van der Waals surface area (Å²) in [5, 5.41) is 0. The summed E-state index contributed by atoms with van der Waals surface area (Å²) in [4.78, 5) is 14.2. The van der Waals surface area contributed by atoms with Crippen LogP contribution in [0.4, 0.5) is 0 Å². The van der Waals surface area contributed by atoms with Crippen LogP contribution in [0.1, 0.15) is 29.0 Å². The molecule has 0 saturated carbocycles. The van der Waals surface area contributed by atoms with Crippen LogP contribution in [0.25, 0.3) is 0 Å². The lowest BCUT2D eigenvalue weighted by Crippen LogP contribution is -2.41. The molecule has 22 heavy (non-hydrogen) atoms. The maximum absolute atomic E-state index is 12.3. The Morgan fingerprint density at radius 2 is 2.18 bits per heavy atom. The molecule has 1 saturated heterocycles. The number of hydrogen-bond acceptors (Lipinski definition) is 3. The molecule has 0 N–H and O–H groups in total. The number of likely N-dealkylation sites (tertiary alicyclic amines) is 1. The van der Waals surface area contributed by atoms with E-state index >= 15 is 0 Å². The second-order valence-electron chi connectivity index (χ2n) is 5.81. The van der Waals surface area contributed by atoms with Crippen LogP contribution >= 0.6 is 0 Å². The molecule has 1 fully saturated rings. The van der Waals surface area contributed by atoms with Crippen LogP contribution in [0.5, 0.6) is 5.75 Å². The van der Waals surface area contributed by atoms with Gasteiger partial charge in [0.25, 0.3) is 5.91 Å². The summed E-state index contributed by atoms with van der Waals surface area (Å²) in [6, 6.07) is 11.5. The normalized spacial score (nSPS) is 18.2. The van der Waals surface area contributed by atoms with E-state index in [9.17, 15) is 4.79 Å². The van der Waals surface area contributed by atoms with Crippen molar-refractivity contribution in [3.8, 4) is 5.75 Å². The molecule has 4 nitrogen and oxygen atoms in total. The smallest absolute Gasteiger partial charge is 0.289 e. The zero-order valence-corrected chi connectivity index (χ0v) is 12.8. The molecule has 1 atom stereocenters. The molecule has 0 bridgehead atoms. The molecule has 0 aliphatic carbocycles. The number of aryl methyl sites for hydroxylation is 1. The largest absolute Gasteiger partial charge is 0.493 e. The molecule has 0 spiro atoms. The maximum atomic E-state index is 12.3. The Hall–Kier alpha value is -2.23. The highest BCUT2D eigenvalue weighted by Crippen LogP contribution is 2.22. The fraction of sp³-hybridized carbons (Fsp3) is 0.389. The van der Waals surface area contributed by atoms with E-state index < -0.39 is 0 Å². The van der Waals surface area contributed by atoms with Crippen molar-refractivity contribution < 1.29 is 13.9 Å². The Labute approximate surface area is 130 Å². The highest BCUT2D eigenvalue weighted by Gasteiger charge is 2.26. The van der Waals surface area contributed by atoms with Crippen molar-refractivity contribution in [2.24, 2.45) is 5.92 Å². The molecule has 1 aromatic heterocycles. The molecule has 4 heteroatoms. The average molecular weight is 299 g/mol. The third kappa shape index (κ3) is 3.32. The minimum Gasteiger partial charge on any atom is -0.493 e. The lowest BCUT2D eigenvalue weighted by atomic mass is 9.98. The van der Waals surface area contributed by atoms with Gasteiger partial charge in [-0.1, -0.05) is 18.2 Å². The second-order valence-corrected chi connectivity index (χ2v) is 5.81. The third-order valence-electron chi connectivity index (χ3n) is 4.11. The highest BCUT2D eigenvalue weighted by molar-refractivity contribution is 5.91. The lowest BCUT2D eigenvalue weighted by Gasteiger charge is -2.32. The zero-order valence-electron chi connectivity index (χ0n) is 12.8. The summed E-state index contributed by atoms with van der Waals surface area (Å²) in [6.07, 6.45) is 3.64. The molecule has 0 radical (unpaired) electrons. The maximum Gasteiger partial charge on any atom is 0.289 e. The second kappa shape index (κ2) is 6.69. The molecular formula is C18H21NO3. The molecule has 2 heterocycles. The number of carbonyl (C=O) groups is 1. The summed E-state index contributed by atoms with van der Waals surface area (Å²) < 4.78 is 11.1. The van der Waals surface area contributed by atoms with E-state index in [0.29, 0.717) is 18.3 Å². The minimum atomic E-state index is -0.0226. The van der Waals surface area contributed by atoms with Gasteiger partial charge in [-0.3, -0.25) is 4.79 Å². The predicted octanol–water partition coefficient (Wildman–Crippen LogP) is 3.52. The Morgan fingerprint density at radius 3 is 2.95 bits per heavy atom. The number of benzene rings is 1. The van der Waals surface area contributed by atoms with Gasteiger partial charge in [0.2, 0.25) is 0 Å². The molecule has 1 amide bonds. The summed E-state index contributed by atoms with van der Waals surface area (Å²) in [7, 11) is 0. The summed E-state index contributed by atoms with van der Waals surface area (Å²) >= 11 is 0. The van der Waals surface area contributed by atoms with E-state index in [2.05, 4.69) is 0 Å². The number of rotatable bonds is 4. The molecule has 1 aromatic carbocycles. The molecular weight excluding hydrogens is 278 g/mol. The molecule has 1 unspecified atom stereocenters. The number of ether oxygens (including phenoxy) is 1. The first kappa shape index (κ1) is 14.7. The Kier molecular flexibility index (Phi) is 4.47. The van der Waals surface area contributed by atoms with Gasteiger partial charge in [0.1, 0.15) is 5.75 Å². The number of nitrogens with zero attached hydrogens (tertiary/aromatic N) is 1. The lowest BCUT2D eigenvalue weighted by molar-refractivity contribution is 0.0602. The summed E-state index contributed by atoms with van der Waals surface area (Å²) in [5.41, 5.74) is 1.14. The van der Waals surface area contributed by atoms with Gasteiger partial charge in [-0.25, -0.2) is 0 Å². The van der Waals surface area contributed by atoms with Crippen molar-refractivity contribution in [3.05, 3.63) is 54.0 Å². The number of furan rings is 1. The van der Waals surface area contributed by atoms with Crippen molar-refractivity contribution in [2.45, 2.75) is 19.8 Å². The minimum absolute atomic E-state index is 0.0226. The van der Waals surface area contributed by atoms with Crippen LogP contribution in [0.15, 0.2) is 47.1 Å². The van der Waals surface area contributed by atoms with E-state index in [1.165, 1.54) is 6.26 Å². The van der Waals surface area contributed by atoms with Gasteiger partial charge in [-0.15, -0.1) is 0 Å². The molecule has 2 aromatic rings. The quantitative estimate of drug-likeness (QED) is 0.867. The average Bonchev–Trinajstić information content (AvgIpc) is 3.08. The standard InChI is InChI=1S/C18H21NO3/c1-14-6-2-3-8-16(14)22-13-15-7-4-10-19(12-15)18(20)17-9-5-11-21-17/h2-3,5-6,8-9,11,15H,4,7,10,12-13H2,1H3. The zero-order chi connectivity index (χ0) is 15.4. The van der Waals surface area contributed by atoms with Crippen molar-refractivity contribution in [1.29, 1.82) is 0 Å². The fourth-order valence-corrected chi connectivity index (χ4v) is 2.87. The van der Waals surface area contributed by atoms with Gasteiger partial charge >= 0.3 is 0 Å². The first-order valence-corrected chi connectivity index (χ1v) is 7.75. The van der Waals surface area contributed by atoms with Gasteiger partial charge in [0.15, 0.2) is 5.76 Å². The van der Waals surface area contributed by atoms with E-state index in [-0.39, 0.29) is 5.91 Å². The summed E-state index contributed by atoms with van der Waals surface area (Å²) in [5.74, 6) is 1.69. The number of piperidine rings is 1. The molecule has 1 aliphatic heterocycles. The van der Waals surface area contributed by atoms with Gasteiger partial charge in [-0.05, 0) is 43.5 Å². The highest BCUT2D eigenvalue weighted by atomic mass is 16.5. The van der Waals surface area contributed by atoms with Crippen molar-refractivity contribution >= 4 is 5.91 Å². The van der Waals surface area contributed by atoms with Gasteiger partial charge in [-0.2, -0.15) is 0 Å².